The lowest BCUT2D eigenvalue weighted by molar-refractivity contribution is -0.386. The van der Waals surface area contributed by atoms with Crippen molar-refractivity contribution in [3.05, 3.63) is 60.8 Å². The van der Waals surface area contributed by atoms with Crippen LogP contribution < -0.4 is 4.74 Å². The standard InChI is InChI=1S/C12H7BrCl2N2O3/c13-7-1-3-11(10(5-7)17(18)19)20-6-9-8(14)2-4-12(15)16-9/h1-5H,6H2. The highest BCUT2D eigenvalue weighted by Crippen LogP contribution is 2.31. The molecule has 0 saturated carbocycles. The molecular formula is C12H7BrCl2N2O3. The van der Waals surface area contributed by atoms with Gasteiger partial charge >= 0.3 is 5.69 Å². The van der Waals surface area contributed by atoms with Gasteiger partial charge in [-0.25, -0.2) is 4.98 Å². The molecule has 1 heterocycles. The third-order valence-corrected chi connectivity index (χ3v) is 3.41. The van der Waals surface area contributed by atoms with E-state index >= 15 is 0 Å². The molecule has 20 heavy (non-hydrogen) atoms. The summed E-state index contributed by atoms with van der Waals surface area (Å²) >= 11 is 14.9. The third-order valence-electron chi connectivity index (χ3n) is 2.37. The van der Waals surface area contributed by atoms with Crippen LogP contribution in [0, 0.1) is 10.1 Å². The van der Waals surface area contributed by atoms with E-state index in [1.807, 2.05) is 0 Å². The maximum Gasteiger partial charge on any atom is 0.312 e. The number of nitro groups is 1. The molecule has 5 nitrogen and oxygen atoms in total. The third kappa shape index (κ3) is 3.59. The number of halogens is 3. The van der Waals surface area contributed by atoms with E-state index in [0.29, 0.717) is 15.2 Å². The second-order valence-electron chi connectivity index (χ2n) is 3.72. The molecule has 2 rings (SSSR count). The number of hydrogen-bond donors (Lipinski definition) is 0. The van der Waals surface area contributed by atoms with Crippen LogP contribution in [0.15, 0.2) is 34.8 Å². The van der Waals surface area contributed by atoms with Gasteiger partial charge in [0.1, 0.15) is 11.8 Å². The van der Waals surface area contributed by atoms with Crippen molar-refractivity contribution in [2.24, 2.45) is 0 Å². The van der Waals surface area contributed by atoms with Gasteiger partial charge in [0.25, 0.3) is 0 Å². The molecule has 0 spiro atoms. The first-order valence-corrected chi connectivity index (χ1v) is 6.90. The maximum absolute atomic E-state index is 10.9. The molecule has 0 unspecified atom stereocenters. The molecule has 0 N–H and O–H groups in total. The van der Waals surface area contributed by atoms with Crippen LogP contribution in [0.2, 0.25) is 10.2 Å². The molecule has 2 aromatic rings. The number of pyridine rings is 1. The van der Waals surface area contributed by atoms with Crippen LogP contribution in [0.4, 0.5) is 5.69 Å². The van der Waals surface area contributed by atoms with Crippen LogP contribution in [-0.4, -0.2) is 9.91 Å². The topological polar surface area (TPSA) is 65.3 Å². The minimum absolute atomic E-state index is 0.0120. The normalized spacial score (nSPS) is 10.3. The van der Waals surface area contributed by atoms with E-state index in [1.54, 1.807) is 18.2 Å². The maximum atomic E-state index is 10.9. The lowest BCUT2D eigenvalue weighted by atomic mass is 10.3. The van der Waals surface area contributed by atoms with Gasteiger partial charge in [-0.2, -0.15) is 0 Å². The van der Waals surface area contributed by atoms with Crippen molar-refractivity contribution in [3.8, 4) is 5.75 Å². The fourth-order valence-corrected chi connectivity index (χ4v) is 2.13. The average Bonchev–Trinajstić information content (AvgIpc) is 2.40. The van der Waals surface area contributed by atoms with E-state index in [0.717, 1.165) is 0 Å². The van der Waals surface area contributed by atoms with E-state index in [1.165, 1.54) is 12.1 Å². The zero-order valence-electron chi connectivity index (χ0n) is 9.85. The zero-order chi connectivity index (χ0) is 14.7. The number of ether oxygens (including phenoxy) is 1. The SMILES string of the molecule is O=[N+]([O-])c1cc(Br)ccc1OCc1nc(Cl)ccc1Cl. The van der Waals surface area contributed by atoms with E-state index in [4.69, 9.17) is 27.9 Å². The Morgan fingerprint density at radius 1 is 1.30 bits per heavy atom. The van der Waals surface area contributed by atoms with Crippen molar-refractivity contribution in [1.29, 1.82) is 0 Å². The molecule has 1 aromatic carbocycles. The molecule has 0 amide bonds. The van der Waals surface area contributed by atoms with Gasteiger partial charge in [0, 0.05) is 10.5 Å². The van der Waals surface area contributed by atoms with Gasteiger partial charge < -0.3 is 4.74 Å². The predicted molar refractivity (Wildman–Crippen MR) is 79.4 cm³/mol. The number of rotatable bonds is 4. The van der Waals surface area contributed by atoms with E-state index in [2.05, 4.69) is 20.9 Å². The van der Waals surface area contributed by atoms with Crippen molar-refractivity contribution in [3.63, 3.8) is 0 Å². The molecule has 8 heteroatoms. The quantitative estimate of drug-likeness (QED) is 0.442. The molecule has 0 atom stereocenters. The summed E-state index contributed by atoms with van der Waals surface area (Å²) in [4.78, 5) is 14.4. The fraction of sp³-hybridized carbons (Fsp3) is 0.0833. The molecule has 0 fully saturated rings. The molecule has 0 aliphatic heterocycles. The fourth-order valence-electron chi connectivity index (χ4n) is 1.46. The number of aromatic nitrogens is 1. The second-order valence-corrected chi connectivity index (χ2v) is 5.43. The van der Waals surface area contributed by atoms with Crippen LogP contribution in [0.25, 0.3) is 0 Å². The van der Waals surface area contributed by atoms with Crippen molar-refractivity contribution < 1.29 is 9.66 Å². The molecular weight excluding hydrogens is 371 g/mol. The van der Waals surface area contributed by atoms with Crippen molar-refractivity contribution in [1.82, 2.24) is 4.98 Å². The summed E-state index contributed by atoms with van der Waals surface area (Å²) in [6.45, 7) is -0.0120. The minimum Gasteiger partial charge on any atom is -0.480 e. The van der Waals surface area contributed by atoms with Crippen LogP contribution in [0.5, 0.6) is 5.75 Å². The average molecular weight is 378 g/mol. The smallest absolute Gasteiger partial charge is 0.312 e. The Bertz CT molecular complexity index is 667. The summed E-state index contributed by atoms with van der Waals surface area (Å²) < 4.78 is 6.00. The van der Waals surface area contributed by atoms with Crippen LogP contribution in [0.3, 0.4) is 0 Å². The van der Waals surface area contributed by atoms with Crippen LogP contribution in [0.1, 0.15) is 5.69 Å². The number of benzene rings is 1. The van der Waals surface area contributed by atoms with Gasteiger partial charge in [-0.15, -0.1) is 0 Å². The number of nitrogens with zero attached hydrogens (tertiary/aromatic N) is 2. The van der Waals surface area contributed by atoms with E-state index < -0.39 is 4.92 Å². The highest BCUT2D eigenvalue weighted by molar-refractivity contribution is 9.10. The molecule has 0 radical (unpaired) electrons. The largest absolute Gasteiger partial charge is 0.480 e. The lowest BCUT2D eigenvalue weighted by Crippen LogP contribution is -2.01. The second kappa shape index (κ2) is 6.39. The highest BCUT2D eigenvalue weighted by Gasteiger charge is 2.16. The summed E-state index contributed by atoms with van der Waals surface area (Å²) in [5.41, 5.74) is 0.272. The Labute approximate surface area is 132 Å². The first-order valence-electron chi connectivity index (χ1n) is 5.35. The van der Waals surface area contributed by atoms with E-state index in [-0.39, 0.29) is 23.2 Å². The van der Waals surface area contributed by atoms with Crippen molar-refractivity contribution in [2.75, 3.05) is 0 Å². The first-order chi connectivity index (χ1) is 9.47. The molecule has 0 aliphatic carbocycles. The Hall–Kier alpha value is -1.37. The van der Waals surface area contributed by atoms with Gasteiger partial charge in [-0.1, -0.05) is 39.1 Å². The summed E-state index contributed by atoms with van der Waals surface area (Å²) in [7, 11) is 0. The van der Waals surface area contributed by atoms with Crippen molar-refractivity contribution >= 4 is 44.8 Å². The summed E-state index contributed by atoms with van der Waals surface area (Å²) in [5.74, 6) is 0.135. The summed E-state index contributed by atoms with van der Waals surface area (Å²) in [5, 5.41) is 11.6. The van der Waals surface area contributed by atoms with Gasteiger partial charge in [0.05, 0.1) is 15.6 Å². The Kier molecular flexibility index (Phi) is 4.80. The Morgan fingerprint density at radius 2 is 2.05 bits per heavy atom. The zero-order valence-corrected chi connectivity index (χ0v) is 12.9. The molecule has 0 bridgehead atoms. The summed E-state index contributed by atoms with van der Waals surface area (Å²) in [6.07, 6.45) is 0. The van der Waals surface area contributed by atoms with Gasteiger partial charge in [-0.3, -0.25) is 10.1 Å². The van der Waals surface area contributed by atoms with E-state index in [9.17, 15) is 10.1 Å². The molecule has 0 aliphatic rings. The summed E-state index contributed by atoms with van der Waals surface area (Å²) in [6, 6.07) is 7.65. The number of nitro benzene ring substituents is 1. The Morgan fingerprint density at radius 3 is 2.75 bits per heavy atom. The number of hydrogen-bond acceptors (Lipinski definition) is 4. The predicted octanol–water partition coefficient (Wildman–Crippen LogP) is 4.64. The molecule has 0 saturated heterocycles. The lowest BCUT2D eigenvalue weighted by Gasteiger charge is -2.08. The minimum atomic E-state index is -0.521. The van der Waals surface area contributed by atoms with Crippen LogP contribution >= 0.6 is 39.1 Å². The molecule has 104 valence electrons. The van der Waals surface area contributed by atoms with Gasteiger partial charge in [0.15, 0.2) is 5.75 Å². The highest BCUT2D eigenvalue weighted by atomic mass is 79.9. The van der Waals surface area contributed by atoms with Gasteiger partial charge in [0.2, 0.25) is 0 Å². The first kappa shape index (κ1) is 15.0. The van der Waals surface area contributed by atoms with Crippen LogP contribution in [-0.2, 0) is 6.61 Å². The van der Waals surface area contributed by atoms with Crippen molar-refractivity contribution in [2.45, 2.75) is 6.61 Å². The Balaban J connectivity index is 2.23. The monoisotopic (exact) mass is 376 g/mol. The molecule has 1 aromatic heterocycles. The van der Waals surface area contributed by atoms with Gasteiger partial charge in [-0.05, 0) is 24.3 Å².